The lowest BCUT2D eigenvalue weighted by atomic mass is 10.0. The number of ether oxygens (including phenoxy) is 1. The second-order valence-corrected chi connectivity index (χ2v) is 9.23. The molecule has 0 atom stereocenters. The van der Waals surface area contributed by atoms with Crippen molar-refractivity contribution in [3.8, 4) is 16.9 Å². The summed E-state index contributed by atoms with van der Waals surface area (Å²) in [7, 11) is -3.60. The highest BCUT2D eigenvalue weighted by molar-refractivity contribution is 7.92. The van der Waals surface area contributed by atoms with Gasteiger partial charge in [-0.05, 0) is 49.2 Å². The quantitative estimate of drug-likeness (QED) is 0.556. The summed E-state index contributed by atoms with van der Waals surface area (Å²) in [6, 6.07) is 11.4. The van der Waals surface area contributed by atoms with E-state index < -0.39 is 10.0 Å². The smallest absolute Gasteiger partial charge is 0.232 e. The summed E-state index contributed by atoms with van der Waals surface area (Å²) in [5, 5.41) is 1.81. The first-order valence-electron chi connectivity index (χ1n) is 8.65. The van der Waals surface area contributed by atoms with Crippen LogP contribution in [0, 0.1) is 5.82 Å². The van der Waals surface area contributed by atoms with Gasteiger partial charge in [-0.25, -0.2) is 17.8 Å². The Bertz CT molecular complexity index is 1030. The van der Waals surface area contributed by atoms with Crippen molar-refractivity contribution in [2.24, 2.45) is 0 Å². The molecule has 0 saturated carbocycles. The van der Waals surface area contributed by atoms with Crippen LogP contribution < -0.4 is 9.04 Å². The van der Waals surface area contributed by atoms with Gasteiger partial charge in [0.1, 0.15) is 11.6 Å². The van der Waals surface area contributed by atoms with E-state index in [-0.39, 0.29) is 18.5 Å². The van der Waals surface area contributed by atoms with Gasteiger partial charge < -0.3 is 4.74 Å². The average molecular weight is 421 g/mol. The molecule has 0 bridgehead atoms. The first-order chi connectivity index (χ1) is 13.2. The van der Waals surface area contributed by atoms with Gasteiger partial charge in [0.2, 0.25) is 10.0 Å². The number of hydrogen-bond donors (Lipinski definition) is 0. The number of thiazole rings is 1. The Morgan fingerprint density at radius 2 is 1.82 bits per heavy atom. The van der Waals surface area contributed by atoms with Crippen molar-refractivity contribution in [3.05, 3.63) is 64.9 Å². The number of sulfonamides is 1. The highest BCUT2D eigenvalue weighted by atomic mass is 32.2. The first-order valence-corrected chi connectivity index (χ1v) is 11.4. The number of aromatic nitrogens is 1. The molecule has 0 saturated heterocycles. The molecule has 3 aromatic rings. The van der Waals surface area contributed by atoms with E-state index in [1.807, 2.05) is 25.3 Å². The van der Waals surface area contributed by atoms with E-state index >= 15 is 0 Å². The van der Waals surface area contributed by atoms with Crippen LogP contribution in [0.2, 0.25) is 0 Å². The van der Waals surface area contributed by atoms with Gasteiger partial charge in [0.25, 0.3) is 0 Å². The molecule has 0 radical (unpaired) electrons. The van der Waals surface area contributed by atoms with Crippen molar-refractivity contribution in [1.29, 1.82) is 0 Å². The SMILES string of the molecule is CC(C)Oc1ccc(-c2ccc(F)cc2)cc1N(Cc1cscn1)S(C)(=O)=O. The number of rotatable bonds is 7. The summed E-state index contributed by atoms with van der Waals surface area (Å²) in [5.74, 6) is 0.131. The molecule has 5 nitrogen and oxygen atoms in total. The molecular formula is C20H21FN2O3S2. The maximum Gasteiger partial charge on any atom is 0.232 e. The van der Waals surface area contributed by atoms with E-state index in [0.717, 1.165) is 17.4 Å². The fourth-order valence-corrected chi connectivity index (χ4v) is 4.15. The molecule has 3 rings (SSSR count). The Labute approximate surface area is 168 Å². The van der Waals surface area contributed by atoms with E-state index in [1.54, 1.807) is 29.8 Å². The van der Waals surface area contributed by atoms with Gasteiger partial charge in [-0.3, -0.25) is 4.31 Å². The van der Waals surface area contributed by atoms with Gasteiger partial charge in [-0.1, -0.05) is 18.2 Å². The molecule has 0 aliphatic rings. The minimum absolute atomic E-state index is 0.101. The highest BCUT2D eigenvalue weighted by Crippen LogP contribution is 2.36. The van der Waals surface area contributed by atoms with Crippen molar-refractivity contribution < 1.29 is 17.5 Å². The average Bonchev–Trinajstić information content (AvgIpc) is 3.13. The second kappa shape index (κ2) is 8.28. The molecule has 8 heteroatoms. The third kappa shape index (κ3) is 4.88. The maximum absolute atomic E-state index is 13.3. The minimum atomic E-state index is -3.60. The number of anilines is 1. The summed E-state index contributed by atoms with van der Waals surface area (Å²) >= 11 is 1.40. The van der Waals surface area contributed by atoms with Crippen LogP contribution >= 0.6 is 11.3 Å². The van der Waals surface area contributed by atoms with Crippen LogP contribution in [0.4, 0.5) is 10.1 Å². The zero-order valence-corrected chi connectivity index (χ0v) is 17.4. The molecule has 148 valence electrons. The summed E-state index contributed by atoms with van der Waals surface area (Å²) in [6.07, 6.45) is 1.03. The number of hydrogen-bond acceptors (Lipinski definition) is 5. The molecule has 2 aromatic carbocycles. The van der Waals surface area contributed by atoms with Gasteiger partial charge in [-0.15, -0.1) is 11.3 Å². The normalized spacial score (nSPS) is 11.6. The Morgan fingerprint density at radius 1 is 1.14 bits per heavy atom. The predicted octanol–water partition coefficient (Wildman–Crippen LogP) is 4.70. The number of nitrogens with zero attached hydrogens (tertiary/aromatic N) is 2. The maximum atomic E-state index is 13.3. The van der Waals surface area contributed by atoms with Gasteiger partial charge >= 0.3 is 0 Å². The summed E-state index contributed by atoms with van der Waals surface area (Å²) in [4.78, 5) is 4.21. The molecule has 0 N–H and O–H groups in total. The van der Waals surface area contributed by atoms with Crippen molar-refractivity contribution in [2.75, 3.05) is 10.6 Å². The first kappa shape index (κ1) is 20.3. The number of benzene rings is 2. The topological polar surface area (TPSA) is 59.5 Å². The molecule has 0 fully saturated rings. The lowest BCUT2D eigenvalue weighted by Gasteiger charge is -2.25. The number of halogens is 1. The van der Waals surface area contributed by atoms with Crippen LogP contribution in [0.15, 0.2) is 53.4 Å². The largest absolute Gasteiger partial charge is 0.489 e. The van der Waals surface area contributed by atoms with E-state index in [0.29, 0.717) is 17.1 Å². The fraction of sp³-hybridized carbons (Fsp3) is 0.250. The summed E-state index contributed by atoms with van der Waals surface area (Å²) in [5.41, 5.74) is 4.28. The monoisotopic (exact) mass is 420 g/mol. The van der Waals surface area contributed by atoms with E-state index in [4.69, 9.17) is 4.74 Å². The third-order valence-corrected chi connectivity index (χ3v) is 5.72. The van der Waals surface area contributed by atoms with Crippen LogP contribution in [0.3, 0.4) is 0 Å². The van der Waals surface area contributed by atoms with Crippen LogP contribution in [-0.2, 0) is 16.6 Å². The van der Waals surface area contributed by atoms with E-state index in [1.165, 1.54) is 27.8 Å². The molecule has 1 heterocycles. The molecule has 0 aliphatic carbocycles. The van der Waals surface area contributed by atoms with Crippen molar-refractivity contribution in [1.82, 2.24) is 4.98 Å². The van der Waals surface area contributed by atoms with Gasteiger partial charge in [-0.2, -0.15) is 0 Å². The van der Waals surface area contributed by atoms with Crippen LogP contribution in [-0.4, -0.2) is 25.8 Å². The second-order valence-electron chi connectivity index (χ2n) is 6.61. The zero-order chi connectivity index (χ0) is 20.3. The molecule has 0 amide bonds. The van der Waals surface area contributed by atoms with Crippen molar-refractivity contribution in [2.45, 2.75) is 26.5 Å². The third-order valence-electron chi connectivity index (χ3n) is 3.96. The summed E-state index contributed by atoms with van der Waals surface area (Å²) in [6.45, 7) is 3.86. The van der Waals surface area contributed by atoms with Crippen molar-refractivity contribution >= 4 is 27.0 Å². The molecular weight excluding hydrogens is 399 g/mol. The minimum Gasteiger partial charge on any atom is -0.489 e. The van der Waals surface area contributed by atoms with Crippen molar-refractivity contribution in [3.63, 3.8) is 0 Å². The lowest BCUT2D eigenvalue weighted by Crippen LogP contribution is -2.30. The molecule has 28 heavy (non-hydrogen) atoms. The Hall–Kier alpha value is -2.45. The highest BCUT2D eigenvalue weighted by Gasteiger charge is 2.23. The zero-order valence-electron chi connectivity index (χ0n) is 15.8. The van der Waals surface area contributed by atoms with Crippen LogP contribution in [0.25, 0.3) is 11.1 Å². The molecule has 0 spiro atoms. The molecule has 0 aliphatic heterocycles. The molecule has 1 aromatic heterocycles. The lowest BCUT2D eigenvalue weighted by molar-refractivity contribution is 0.243. The van der Waals surface area contributed by atoms with Gasteiger partial charge in [0.15, 0.2) is 0 Å². The van der Waals surface area contributed by atoms with E-state index in [2.05, 4.69) is 4.98 Å². The Morgan fingerprint density at radius 3 is 2.39 bits per heavy atom. The molecule has 0 unspecified atom stereocenters. The predicted molar refractivity (Wildman–Crippen MR) is 111 cm³/mol. The van der Waals surface area contributed by atoms with Gasteiger partial charge in [0, 0.05) is 5.38 Å². The Kier molecular flexibility index (Phi) is 6.00. The van der Waals surface area contributed by atoms with E-state index in [9.17, 15) is 12.8 Å². The summed E-state index contributed by atoms with van der Waals surface area (Å²) < 4.78 is 45.6. The fourth-order valence-electron chi connectivity index (χ4n) is 2.73. The van der Waals surface area contributed by atoms with Crippen LogP contribution in [0.5, 0.6) is 5.75 Å². The van der Waals surface area contributed by atoms with Crippen LogP contribution in [0.1, 0.15) is 19.5 Å². The standard InChI is InChI=1S/C20H21FN2O3S2/c1-14(2)26-20-9-6-16(15-4-7-17(21)8-5-15)10-19(20)23(28(3,24)25)11-18-12-27-13-22-18/h4-10,12-14H,11H2,1-3H3. The van der Waals surface area contributed by atoms with Gasteiger partial charge in [0.05, 0.1) is 35.8 Å². The Balaban J connectivity index is 2.12.